The van der Waals surface area contributed by atoms with Crippen LogP contribution in [0.2, 0.25) is 0 Å². The zero-order valence-corrected chi connectivity index (χ0v) is 28.5. The summed E-state index contributed by atoms with van der Waals surface area (Å²) in [6, 6.07) is 50.8. The van der Waals surface area contributed by atoms with E-state index in [4.69, 9.17) is 14.4 Å². The molecule has 246 valence electrons. The fourth-order valence-electron chi connectivity index (χ4n) is 7.83. The summed E-state index contributed by atoms with van der Waals surface area (Å²) in [5.74, 6) is 2.29. The molecule has 0 unspecified atom stereocenters. The van der Waals surface area contributed by atoms with Crippen molar-refractivity contribution in [1.82, 2.24) is 19.1 Å². The first-order chi connectivity index (χ1) is 25.7. The quantitative estimate of drug-likeness (QED) is 0.177. The van der Waals surface area contributed by atoms with Crippen LogP contribution in [0.5, 0.6) is 0 Å². The van der Waals surface area contributed by atoms with Crippen LogP contribution in [0.15, 0.2) is 163 Å². The highest BCUT2D eigenvalue weighted by atomic mass is 16.3. The third kappa shape index (κ3) is 4.42. The molecule has 0 atom stereocenters. The summed E-state index contributed by atoms with van der Waals surface area (Å²) >= 11 is 0. The van der Waals surface area contributed by atoms with E-state index in [1.165, 1.54) is 0 Å². The topological polar surface area (TPSA) is 48.8 Å². The number of hydrogen-bond acceptors (Lipinski definition) is 3. The Bertz CT molecular complexity index is 2980. The van der Waals surface area contributed by atoms with Crippen molar-refractivity contribution in [2.75, 3.05) is 0 Å². The number of aromatic nitrogens is 4. The van der Waals surface area contributed by atoms with Crippen molar-refractivity contribution < 1.29 is 4.42 Å². The van der Waals surface area contributed by atoms with Crippen LogP contribution in [0.1, 0.15) is 18.2 Å². The van der Waals surface area contributed by atoms with Gasteiger partial charge in [-0.25, -0.2) is 9.97 Å². The van der Waals surface area contributed by atoms with Crippen LogP contribution in [0.25, 0.3) is 101 Å². The molecule has 0 amide bonds. The molecule has 0 radical (unpaired) electrons. The van der Waals surface area contributed by atoms with E-state index in [-0.39, 0.29) is 0 Å². The molecule has 0 N–H and O–H groups in total. The molecule has 0 saturated carbocycles. The van der Waals surface area contributed by atoms with Gasteiger partial charge in [0.1, 0.15) is 11.6 Å². The minimum atomic E-state index is 0.678. The molecule has 10 aromatic rings. The molecule has 5 nitrogen and oxygen atoms in total. The number of nitrogens with zero attached hydrogens (tertiary/aromatic N) is 4. The van der Waals surface area contributed by atoms with Crippen LogP contribution in [0.3, 0.4) is 0 Å². The summed E-state index contributed by atoms with van der Waals surface area (Å²) in [7, 11) is 0. The molecule has 0 fully saturated rings. The Kier molecular flexibility index (Phi) is 6.80. The van der Waals surface area contributed by atoms with Gasteiger partial charge in [0.15, 0.2) is 11.4 Å². The Morgan fingerprint density at radius 2 is 1.27 bits per heavy atom. The molecule has 0 saturated heterocycles. The van der Waals surface area contributed by atoms with Gasteiger partial charge in [0.05, 0.1) is 33.4 Å². The maximum absolute atomic E-state index is 6.62. The van der Waals surface area contributed by atoms with Crippen LogP contribution in [0, 0.1) is 0 Å². The van der Waals surface area contributed by atoms with Gasteiger partial charge in [-0.05, 0) is 37.3 Å². The van der Waals surface area contributed by atoms with Crippen molar-refractivity contribution in [3.05, 3.63) is 170 Å². The summed E-state index contributed by atoms with van der Waals surface area (Å²) in [6.45, 7) is 6.12. The van der Waals surface area contributed by atoms with Gasteiger partial charge >= 0.3 is 0 Å². The lowest BCUT2D eigenvalue weighted by atomic mass is 10.1. The van der Waals surface area contributed by atoms with E-state index in [9.17, 15) is 0 Å². The zero-order chi connectivity index (χ0) is 34.8. The molecule has 0 aliphatic heterocycles. The minimum Gasteiger partial charge on any atom is -0.454 e. The summed E-state index contributed by atoms with van der Waals surface area (Å²) in [5.41, 5.74) is 10.0. The highest BCUT2D eigenvalue weighted by molar-refractivity contribution is 6.26. The second kappa shape index (κ2) is 11.8. The number of benzene rings is 6. The maximum Gasteiger partial charge on any atom is 0.162 e. The lowest BCUT2D eigenvalue weighted by Crippen LogP contribution is -2.02. The van der Waals surface area contributed by atoms with Crippen molar-refractivity contribution >= 4 is 66.7 Å². The molecule has 0 aliphatic rings. The number of hydrogen-bond donors (Lipinski definition) is 0. The van der Waals surface area contributed by atoms with E-state index < -0.39 is 0 Å². The molecule has 5 heteroatoms. The monoisotopic (exact) mass is 668 g/mol. The molecule has 4 heterocycles. The van der Waals surface area contributed by atoms with E-state index in [2.05, 4.69) is 137 Å². The van der Waals surface area contributed by atoms with E-state index in [0.717, 1.165) is 94.2 Å². The number of fused-ring (bicyclic) bond motifs is 8. The van der Waals surface area contributed by atoms with Gasteiger partial charge in [-0.15, -0.1) is 0 Å². The molecule has 0 aliphatic carbocycles. The Morgan fingerprint density at radius 3 is 2.02 bits per heavy atom. The maximum atomic E-state index is 6.62. The van der Waals surface area contributed by atoms with Crippen LogP contribution in [-0.2, 0) is 0 Å². The second-order valence-electron chi connectivity index (χ2n) is 13.0. The molecular weight excluding hydrogens is 637 g/mol. The molecule has 52 heavy (non-hydrogen) atoms. The first kappa shape index (κ1) is 29.9. The van der Waals surface area contributed by atoms with Crippen molar-refractivity contribution in [2.24, 2.45) is 0 Å². The van der Waals surface area contributed by atoms with Gasteiger partial charge in [-0.1, -0.05) is 134 Å². The number of rotatable bonds is 6. The Balaban J connectivity index is 1.35. The molecule has 6 aromatic carbocycles. The standard InChI is InChI=1S/C47H32N4O/c1-3-16-42-32(4-2)35-23-15-26-41(46(35)52-42)50-39-25-14-12-22-36(39)44-40(50)28-27-34-33-21-11-13-24-38(33)51(45(34)44)43-29-37(30-17-7-5-8-18-30)48-47(49-43)31-19-9-6-10-20-31/h3-29H,2H2,1H3/b16-3-. The normalized spacial score (nSPS) is 11.9. The Hall–Kier alpha value is -6.98. The second-order valence-corrected chi connectivity index (χ2v) is 13.0. The highest BCUT2D eigenvalue weighted by Gasteiger charge is 2.24. The summed E-state index contributed by atoms with van der Waals surface area (Å²) in [4.78, 5) is 10.4. The first-order valence-electron chi connectivity index (χ1n) is 17.5. The third-order valence-corrected chi connectivity index (χ3v) is 10.0. The van der Waals surface area contributed by atoms with Crippen LogP contribution in [0.4, 0.5) is 0 Å². The van der Waals surface area contributed by atoms with Crippen molar-refractivity contribution in [2.45, 2.75) is 6.92 Å². The molecule has 0 bridgehead atoms. The summed E-state index contributed by atoms with van der Waals surface area (Å²) in [6.07, 6.45) is 5.89. The average Bonchev–Trinajstić information content (AvgIpc) is 3.85. The molecular formula is C47H32N4O. The van der Waals surface area contributed by atoms with E-state index in [0.29, 0.717) is 5.82 Å². The number of allylic oxidation sites excluding steroid dienone is 1. The van der Waals surface area contributed by atoms with Gasteiger partial charge in [0.25, 0.3) is 0 Å². The van der Waals surface area contributed by atoms with E-state index >= 15 is 0 Å². The van der Waals surface area contributed by atoms with Gasteiger partial charge in [0.2, 0.25) is 0 Å². The van der Waals surface area contributed by atoms with Crippen LogP contribution >= 0.6 is 0 Å². The largest absolute Gasteiger partial charge is 0.454 e. The lowest BCUT2D eigenvalue weighted by molar-refractivity contribution is 0.601. The van der Waals surface area contributed by atoms with Gasteiger partial charge in [0, 0.05) is 49.7 Å². The smallest absolute Gasteiger partial charge is 0.162 e. The highest BCUT2D eigenvalue weighted by Crippen LogP contribution is 2.43. The van der Waals surface area contributed by atoms with Crippen molar-refractivity contribution in [3.63, 3.8) is 0 Å². The molecule has 4 aromatic heterocycles. The number of para-hydroxylation sites is 3. The summed E-state index contributed by atoms with van der Waals surface area (Å²) in [5, 5.41) is 5.65. The van der Waals surface area contributed by atoms with Crippen molar-refractivity contribution in [3.8, 4) is 34.2 Å². The SMILES string of the molecule is C=Cc1c(/C=C\C)oc2c(-n3c4ccccc4c4c3ccc3c5ccccc5n(-c5cc(-c6ccccc6)nc(-c6ccccc6)n5)c34)cccc12. The Morgan fingerprint density at radius 1 is 0.596 bits per heavy atom. The fourth-order valence-corrected chi connectivity index (χ4v) is 7.83. The fraction of sp³-hybridized carbons (Fsp3) is 0.0213. The lowest BCUT2D eigenvalue weighted by Gasteiger charge is -2.13. The number of furan rings is 1. The van der Waals surface area contributed by atoms with E-state index in [1.54, 1.807) is 0 Å². The van der Waals surface area contributed by atoms with Gasteiger partial charge in [-0.2, -0.15) is 0 Å². The first-order valence-corrected chi connectivity index (χ1v) is 17.5. The predicted octanol–water partition coefficient (Wildman–Crippen LogP) is 12.4. The van der Waals surface area contributed by atoms with E-state index in [1.807, 2.05) is 49.4 Å². The molecule has 10 rings (SSSR count). The van der Waals surface area contributed by atoms with Crippen LogP contribution in [-0.4, -0.2) is 19.1 Å². The Labute approximate surface area is 300 Å². The molecule has 0 spiro atoms. The summed E-state index contributed by atoms with van der Waals surface area (Å²) < 4.78 is 11.3. The van der Waals surface area contributed by atoms with Gasteiger partial charge < -0.3 is 8.98 Å². The van der Waals surface area contributed by atoms with Gasteiger partial charge in [-0.3, -0.25) is 4.57 Å². The third-order valence-electron chi connectivity index (χ3n) is 10.0. The zero-order valence-electron chi connectivity index (χ0n) is 28.5. The predicted molar refractivity (Wildman–Crippen MR) is 216 cm³/mol. The minimum absolute atomic E-state index is 0.678. The van der Waals surface area contributed by atoms with Crippen molar-refractivity contribution in [1.29, 1.82) is 0 Å². The average molecular weight is 669 g/mol. The van der Waals surface area contributed by atoms with Crippen LogP contribution < -0.4 is 0 Å².